The lowest BCUT2D eigenvalue weighted by molar-refractivity contribution is -0.157. The number of ether oxygens (including phenoxy) is 4. The summed E-state index contributed by atoms with van der Waals surface area (Å²) < 4.78 is 39.7. The minimum Gasteiger partial charge on any atom is -0.504 e. The summed E-state index contributed by atoms with van der Waals surface area (Å²) in [5, 5.41) is 47.0. The van der Waals surface area contributed by atoms with Crippen LogP contribution in [-0.4, -0.2) is 106 Å². The molecule has 55 heavy (non-hydrogen) atoms. The molecule has 1 spiro atoms. The van der Waals surface area contributed by atoms with E-state index in [1.165, 1.54) is 21.1 Å². The lowest BCUT2D eigenvalue weighted by Gasteiger charge is -2.62. The Morgan fingerprint density at radius 1 is 1.07 bits per heavy atom. The van der Waals surface area contributed by atoms with Crippen LogP contribution >= 0.6 is 0 Å². The van der Waals surface area contributed by atoms with Crippen molar-refractivity contribution in [3.8, 4) is 40.6 Å². The van der Waals surface area contributed by atoms with Crippen molar-refractivity contribution in [1.82, 2.24) is 15.1 Å². The summed E-state index contributed by atoms with van der Waals surface area (Å²) in [7, 11) is 2.61. The van der Waals surface area contributed by atoms with E-state index in [1.807, 2.05) is 23.8 Å². The van der Waals surface area contributed by atoms with Gasteiger partial charge in [-0.2, -0.15) is 5.26 Å². The second-order valence-electron chi connectivity index (χ2n) is 15.4. The van der Waals surface area contributed by atoms with Crippen LogP contribution in [0.5, 0.6) is 34.5 Å². The fourth-order valence-electron chi connectivity index (χ4n) is 10.7. The third-order valence-electron chi connectivity index (χ3n) is 12.9. The first-order valence-electron chi connectivity index (χ1n) is 18.4. The molecule has 7 aliphatic rings. The lowest BCUT2D eigenvalue weighted by atomic mass is 9.70. The molecular weight excluding hydrogens is 729 g/mol. The number of hydrogen-bond donors (Lipinski definition) is 4. The molecule has 2 saturated heterocycles. The summed E-state index contributed by atoms with van der Waals surface area (Å²) >= 11 is 0. The maximum Gasteiger partial charge on any atom is 0.332 e. The number of benzene rings is 3. The normalized spacial score (nSPS) is 30.5. The van der Waals surface area contributed by atoms with Crippen molar-refractivity contribution in [2.45, 2.75) is 74.1 Å². The number of phenolic OH excluding ortho intramolecular Hbond substituents is 3. The Kier molecular flexibility index (Phi) is 8.18. The topological polar surface area (TPSA) is 191 Å². The summed E-state index contributed by atoms with van der Waals surface area (Å²) in [6.07, 6.45) is 1.32. The number of nitrogens with one attached hydrogen (secondary N) is 1. The van der Waals surface area contributed by atoms with Crippen molar-refractivity contribution < 1.29 is 48.1 Å². The fourth-order valence-corrected chi connectivity index (χ4v) is 12.8. The van der Waals surface area contributed by atoms with Gasteiger partial charge in [-0.1, -0.05) is 0 Å². The van der Waals surface area contributed by atoms with E-state index in [0.29, 0.717) is 77.1 Å². The number of phenols is 3. The predicted octanol–water partition coefficient (Wildman–Crippen LogP) is 2.88. The molecular formula is C40H42N4O10S. The van der Waals surface area contributed by atoms with Gasteiger partial charge in [-0.05, 0) is 79.8 Å². The monoisotopic (exact) mass is 770 g/mol. The van der Waals surface area contributed by atoms with E-state index in [4.69, 9.17) is 18.9 Å². The zero-order chi connectivity index (χ0) is 38.8. The fraction of sp³-hybridized carbons (Fsp3) is 0.475. The number of ketones is 1. The van der Waals surface area contributed by atoms with Gasteiger partial charge in [0.1, 0.15) is 18.4 Å². The number of piperazine rings is 1. The van der Waals surface area contributed by atoms with Crippen molar-refractivity contribution in [3.63, 3.8) is 0 Å². The first-order chi connectivity index (χ1) is 26.4. The quantitative estimate of drug-likeness (QED) is 0.225. The number of esters is 1. The smallest absolute Gasteiger partial charge is 0.332 e. The Morgan fingerprint density at radius 3 is 2.55 bits per heavy atom. The third kappa shape index (κ3) is 4.71. The number of fused-ring (bicyclic) bond motifs is 9. The van der Waals surface area contributed by atoms with Crippen LogP contribution in [0.1, 0.15) is 79.1 Å². The van der Waals surface area contributed by atoms with Crippen LogP contribution in [0.4, 0.5) is 0 Å². The van der Waals surface area contributed by atoms with Crippen LogP contribution in [-0.2, 0) is 45.1 Å². The average molecular weight is 771 g/mol. The van der Waals surface area contributed by atoms with Crippen LogP contribution in [0.15, 0.2) is 18.2 Å². The van der Waals surface area contributed by atoms with Gasteiger partial charge < -0.3 is 34.3 Å². The van der Waals surface area contributed by atoms with Crippen molar-refractivity contribution in [2.24, 2.45) is 0 Å². The maximum absolute atomic E-state index is 16.0. The van der Waals surface area contributed by atoms with Crippen LogP contribution in [0, 0.1) is 18.3 Å². The minimum atomic E-state index is -2.03. The van der Waals surface area contributed by atoms with E-state index in [-0.39, 0.29) is 46.9 Å². The van der Waals surface area contributed by atoms with Gasteiger partial charge in [0, 0.05) is 52.1 Å². The molecule has 8 unspecified atom stereocenters. The molecule has 10 rings (SSSR count). The Hall–Kier alpha value is -4.88. The summed E-state index contributed by atoms with van der Waals surface area (Å²) in [5.74, 6) is -1.19. The number of carbonyl (C=O) groups is 2. The summed E-state index contributed by atoms with van der Waals surface area (Å²) in [6.45, 7) is 3.83. The lowest BCUT2D eigenvalue weighted by Crippen LogP contribution is -2.70. The molecule has 4 N–H and O–H groups in total. The summed E-state index contributed by atoms with van der Waals surface area (Å²) in [4.78, 5) is 32.8. The Bertz CT molecular complexity index is 2290. The predicted molar refractivity (Wildman–Crippen MR) is 197 cm³/mol. The van der Waals surface area contributed by atoms with Gasteiger partial charge in [0.25, 0.3) is 0 Å². The number of methoxy groups -OCH3 is 2. The van der Waals surface area contributed by atoms with Crippen LogP contribution in [0.2, 0.25) is 0 Å². The van der Waals surface area contributed by atoms with Crippen LogP contribution in [0.3, 0.4) is 0 Å². The van der Waals surface area contributed by atoms with Crippen LogP contribution < -0.4 is 19.5 Å². The van der Waals surface area contributed by atoms with Crippen molar-refractivity contribution in [3.05, 3.63) is 68.3 Å². The first kappa shape index (κ1) is 35.8. The highest BCUT2D eigenvalue weighted by atomic mass is 32.2. The number of aromatic hydroxyl groups is 3. The summed E-state index contributed by atoms with van der Waals surface area (Å²) in [6, 6.07) is 3.59. The number of nitriles is 1. The zero-order valence-corrected chi connectivity index (χ0v) is 31.9. The molecule has 0 aliphatic carbocycles. The molecule has 8 atom stereocenters. The van der Waals surface area contributed by atoms with Gasteiger partial charge in [0.15, 0.2) is 34.3 Å². The van der Waals surface area contributed by atoms with Gasteiger partial charge in [-0.15, -0.1) is 0 Å². The molecule has 14 nitrogen and oxygen atoms in total. The SMILES string of the molecule is COc1cc2c(cc1O)CCNC21CS(=O)C2c3c(C(C)=O)c(C)c4c(c3C(COC1=O)N1C(C#N)C3Cc5cc(O)c(OC)c(O)c5C(C21)N3C)OCC4. The van der Waals surface area contributed by atoms with E-state index in [9.17, 15) is 30.2 Å². The molecule has 15 heteroatoms. The molecule has 7 aliphatic heterocycles. The molecule has 288 valence electrons. The van der Waals surface area contributed by atoms with Gasteiger partial charge >= 0.3 is 5.97 Å². The second kappa shape index (κ2) is 12.6. The van der Waals surface area contributed by atoms with Crippen molar-refractivity contribution in [1.29, 1.82) is 5.26 Å². The number of likely N-dealkylation sites (N-methyl/N-ethyl adjacent to an activating group) is 1. The molecule has 4 bridgehead atoms. The highest BCUT2D eigenvalue weighted by Gasteiger charge is 2.63. The molecule has 3 aromatic rings. The summed E-state index contributed by atoms with van der Waals surface area (Å²) in [5.41, 5.74) is 3.74. The maximum atomic E-state index is 16.0. The first-order valence-corrected chi connectivity index (χ1v) is 19.8. The average Bonchev–Trinajstić information content (AvgIpc) is 3.64. The molecule has 0 aromatic heterocycles. The number of nitrogens with zero attached hydrogens (tertiary/aromatic N) is 3. The van der Waals surface area contributed by atoms with E-state index < -0.39 is 57.8 Å². The second-order valence-corrected chi connectivity index (χ2v) is 16.9. The number of carbonyl (C=O) groups excluding carboxylic acids is 2. The molecule has 3 aromatic carbocycles. The van der Waals surface area contributed by atoms with Gasteiger partial charge in [0.05, 0.1) is 56.0 Å². The van der Waals surface area contributed by atoms with Gasteiger partial charge in [0.2, 0.25) is 5.75 Å². The van der Waals surface area contributed by atoms with Gasteiger partial charge in [-0.25, -0.2) is 4.79 Å². The highest BCUT2D eigenvalue weighted by molar-refractivity contribution is 7.85. The Labute approximate surface area is 320 Å². The molecule has 0 radical (unpaired) electrons. The van der Waals surface area contributed by atoms with E-state index >= 15 is 4.21 Å². The standard InChI is InChI=1S/C40H42N4O10S/c1-17-21-7-9-53-36(21)31-25-15-54-39(49)40(22-13-28(51-4)26(46)11-19(22)6-8-42-40)16-55(50)38(32(31)29(17)18(2)45)34-33-30-20(12-27(47)37(52-5)35(30)48)10-23(43(33)3)24(14-41)44(25)34/h11-13,23-25,33-34,38,42,46-48H,6-10,15-16H2,1-5H3. The van der Waals surface area contributed by atoms with E-state index in [1.54, 1.807) is 18.2 Å². The van der Waals surface area contributed by atoms with E-state index in [0.717, 1.165) is 11.1 Å². The largest absolute Gasteiger partial charge is 0.504 e. The molecule has 0 saturated carbocycles. The van der Waals surface area contributed by atoms with Crippen molar-refractivity contribution >= 4 is 22.6 Å². The minimum absolute atomic E-state index is 0.0914. The Balaban J connectivity index is 1.36. The zero-order valence-electron chi connectivity index (χ0n) is 31.1. The third-order valence-corrected chi connectivity index (χ3v) is 14.7. The van der Waals surface area contributed by atoms with Gasteiger partial charge in [-0.3, -0.25) is 24.1 Å². The van der Waals surface area contributed by atoms with Crippen LogP contribution in [0.25, 0.3) is 0 Å². The molecule has 7 heterocycles. The molecule has 0 amide bonds. The van der Waals surface area contributed by atoms with E-state index in [2.05, 4.69) is 11.4 Å². The highest BCUT2D eigenvalue weighted by Crippen LogP contribution is 2.61. The molecule has 2 fully saturated rings. The number of hydrogen-bond acceptors (Lipinski definition) is 14. The number of Topliss-reactive ketones (excluding diaryl/α,β-unsaturated/α-hetero) is 1. The Morgan fingerprint density at radius 2 is 1.84 bits per heavy atom. The number of rotatable bonds is 3. The van der Waals surface area contributed by atoms with Crippen molar-refractivity contribution in [2.75, 3.05) is 46.8 Å².